The zero-order chi connectivity index (χ0) is 19.1. The van der Waals surface area contributed by atoms with Gasteiger partial charge in [0.2, 0.25) is 0 Å². The quantitative estimate of drug-likeness (QED) is 0.609. The van der Waals surface area contributed by atoms with Crippen molar-refractivity contribution in [3.05, 3.63) is 100 Å². The largest absolute Gasteiger partial charge is 0.508 e. The van der Waals surface area contributed by atoms with E-state index in [-0.39, 0.29) is 5.75 Å². The number of aromatic hydroxyl groups is 1. The molecule has 0 amide bonds. The molecular weight excluding hydrogens is 328 g/mol. The molecule has 3 rings (SSSR count). The molecule has 0 atom stereocenters. The Morgan fingerprint density at radius 2 is 1.26 bits per heavy atom. The Labute approximate surface area is 161 Å². The Morgan fingerprint density at radius 1 is 0.704 bits per heavy atom. The molecule has 3 aromatic rings. The highest BCUT2D eigenvalue weighted by Gasteiger charge is 1.97. The molecule has 0 bridgehead atoms. The number of hydrogen-bond donors (Lipinski definition) is 1. The van der Waals surface area contributed by atoms with Gasteiger partial charge in [-0.1, -0.05) is 49.2 Å². The highest BCUT2D eigenvalue weighted by Crippen LogP contribution is 2.12. The van der Waals surface area contributed by atoms with Crippen molar-refractivity contribution in [1.29, 1.82) is 0 Å². The summed E-state index contributed by atoms with van der Waals surface area (Å²) in [6.07, 6.45) is 2.27. The molecular formula is C26H22O. The van der Waals surface area contributed by atoms with Crippen LogP contribution >= 0.6 is 0 Å². The van der Waals surface area contributed by atoms with Crippen LogP contribution in [0.5, 0.6) is 5.75 Å². The lowest BCUT2D eigenvalue weighted by Gasteiger charge is -1.99. The van der Waals surface area contributed by atoms with Crippen LogP contribution in [0.2, 0.25) is 0 Å². The highest BCUT2D eigenvalue weighted by atomic mass is 16.3. The molecule has 27 heavy (non-hydrogen) atoms. The standard InChI is InChI=1S/C26H22O/c1-3-4-21-5-7-22(8-6-21)9-10-24-12-16-25(20(2)19-24)15-11-23-13-17-26(27)18-14-23/h5-8,12-14,16-19,27H,3-4H2,1-2H3. The molecule has 0 spiro atoms. The maximum absolute atomic E-state index is 9.33. The van der Waals surface area contributed by atoms with E-state index >= 15 is 0 Å². The Balaban J connectivity index is 1.75. The molecule has 0 fully saturated rings. The van der Waals surface area contributed by atoms with Gasteiger partial charge in [-0.25, -0.2) is 0 Å². The number of hydrogen-bond acceptors (Lipinski definition) is 1. The Hall–Kier alpha value is -3.42. The van der Waals surface area contributed by atoms with E-state index in [1.165, 1.54) is 5.56 Å². The SMILES string of the molecule is CCCc1ccc(C#Cc2ccc(C#Cc3ccc(O)cc3)c(C)c2)cc1. The molecule has 132 valence electrons. The van der Waals surface area contributed by atoms with Crippen LogP contribution in [-0.4, -0.2) is 5.11 Å². The summed E-state index contributed by atoms with van der Waals surface area (Å²) in [6, 6.07) is 21.5. The van der Waals surface area contributed by atoms with Crippen molar-refractivity contribution < 1.29 is 5.11 Å². The predicted molar refractivity (Wildman–Crippen MR) is 112 cm³/mol. The van der Waals surface area contributed by atoms with E-state index in [1.807, 2.05) is 31.2 Å². The van der Waals surface area contributed by atoms with Crippen molar-refractivity contribution in [2.45, 2.75) is 26.7 Å². The first-order chi connectivity index (χ1) is 13.1. The molecule has 1 N–H and O–H groups in total. The van der Waals surface area contributed by atoms with E-state index in [2.05, 4.69) is 60.9 Å². The van der Waals surface area contributed by atoms with Gasteiger partial charge >= 0.3 is 0 Å². The van der Waals surface area contributed by atoms with Gasteiger partial charge in [0.15, 0.2) is 0 Å². The van der Waals surface area contributed by atoms with Crippen LogP contribution in [0.25, 0.3) is 0 Å². The van der Waals surface area contributed by atoms with Gasteiger partial charge in [-0.05, 0) is 79.1 Å². The zero-order valence-electron chi connectivity index (χ0n) is 15.7. The maximum atomic E-state index is 9.33. The number of rotatable bonds is 2. The second kappa shape index (κ2) is 8.79. The van der Waals surface area contributed by atoms with Gasteiger partial charge in [0, 0.05) is 22.3 Å². The summed E-state index contributed by atoms with van der Waals surface area (Å²) in [6.45, 7) is 4.24. The Kier molecular flexibility index (Phi) is 5.98. The van der Waals surface area contributed by atoms with Crippen molar-refractivity contribution in [1.82, 2.24) is 0 Å². The fraction of sp³-hybridized carbons (Fsp3) is 0.154. The normalized spacial score (nSPS) is 9.70. The van der Waals surface area contributed by atoms with Gasteiger partial charge in [-0.2, -0.15) is 0 Å². The molecule has 1 nitrogen and oxygen atoms in total. The predicted octanol–water partition coefficient (Wildman–Crippen LogP) is 5.45. The number of aryl methyl sites for hydroxylation is 2. The van der Waals surface area contributed by atoms with Gasteiger partial charge < -0.3 is 5.11 Å². The summed E-state index contributed by atoms with van der Waals surface area (Å²) < 4.78 is 0. The van der Waals surface area contributed by atoms with Gasteiger partial charge in [0.25, 0.3) is 0 Å². The monoisotopic (exact) mass is 350 g/mol. The molecule has 0 unspecified atom stereocenters. The van der Waals surface area contributed by atoms with E-state index in [0.717, 1.165) is 40.7 Å². The maximum Gasteiger partial charge on any atom is 0.115 e. The third kappa shape index (κ3) is 5.27. The van der Waals surface area contributed by atoms with Crippen LogP contribution in [0, 0.1) is 30.6 Å². The lowest BCUT2D eigenvalue weighted by molar-refractivity contribution is 0.475. The average molecular weight is 350 g/mol. The van der Waals surface area contributed by atoms with E-state index in [1.54, 1.807) is 12.1 Å². The van der Waals surface area contributed by atoms with Crippen LogP contribution in [0.1, 0.15) is 46.7 Å². The van der Waals surface area contributed by atoms with E-state index in [9.17, 15) is 5.11 Å². The third-order valence-corrected chi connectivity index (χ3v) is 4.28. The van der Waals surface area contributed by atoms with Crippen molar-refractivity contribution in [2.75, 3.05) is 0 Å². The average Bonchev–Trinajstić information content (AvgIpc) is 2.68. The van der Waals surface area contributed by atoms with Crippen LogP contribution in [0.4, 0.5) is 0 Å². The van der Waals surface area contributed by atoms with Gasteiger partial charge in [-0.15, -0.1) is 0 Å². The molecule has 1 heteroatoms. The fourth-order valence-electron chi connectivity index (χ4n) is 2.75. The van der Waals surface area contributed by atoms with Crippen molar-refractivity contribution in [2.24, 2.45) is 0 Å². The van der Waals surface area contributed by atoms with Crippen molar-refractivity contribution in [3.8, 4) is 29.4 Å². The van der Waals surface area contributed by atoms with Gasteiger partial charge in [0.1, 0.15) is 5.75 Å². The number of phenolic OH excluding ortho intramolecular Hbond substituents is 1. The summed E-state index contributed by atoms with van der Waals surface area (Å²) in [5, 5.41) is 9.33. The molecule has 0 heterocycles. The lowest BCUT2D eigenvalue weighted by Crippen LogP contribution is -1.85. The van der Waals surface area contributed by atoms with E-state index < -0.39 is 0 Å². The minimum absolute atomic E-state index is 0.250. The molecule has 3 aromatic carbocycles. The molecule has 0 saturated carbocycles. The summed E-state index contributed by atoms with van der Waals surface area (Å²) in [5.74, 6) is 13.0. The highest BCUT2D eigenvalue weighted by molar-refractivity contribution is 5.51. The van der Waals surface area contributed by atoms with E-state index in [4.69, 9.17) is 0 Å². The topological polar surface area (TPSA) is 20.2 Å². The summed E-state index contributed by atoms with van der Waals surface area (Å²) in [4.78, 5) is 0. The van der Waals surface area contributed by atoms with Crippen LogP contribution in [-0.2, 0) is 6.42 Å². The number of benzene rings is 3. The first-order valence-corrected chi connectivity index (χ1v) is 9.17. The first-order valence-electron chi connectivity index (χ1n) is 9.17. The summed E-state index contributed by atoms with van der Waals surface area (Å²) in [5.41, 5.74) is 6.34. The first kappa shape index (κ1) is 18.4. The smallest absolute Gasteiger partial charge is 0.115 e. The van der Waals surface area contributed by atoms with Gasteiger partial charge in [-0.3, -0.25) is 0 Å². The molecule has 0 saturated heterocycles. The summed E-state index contributed by atoms with van der Waals surface area (Å²) in [7, 11) is 0. The minimum Gasteiger partial charge on any atom is -0.508 e. The second-order valence-electron chi connectivity index (χ2n) is 6.52. The van der Waals surface area contributed by atoms with Crippen molar-refractivity contribution >= 4 is 0 Å². The molecule has 0 aromatic heterocycles. The lowest BCUT2D eigenvalue weighted by atomic mass is 10.0. The molecule has 0 aliphatic heterocycles. The Morgan fingerprint density at radius 3 is 1.89 bits per heavy atom. The van der Waals surface area contributed by atoms with Crippen LogP contribution in [0.15, 0.2) is 66.7 Å². The molecule has 0 radical (unpaired) electrons. The van der Waals surface area contributed by atoms with Crippen molar-refractivity contribution in [3.63, 3.8) is 0 Å². The summed E-state index contributed by atoms with van der Waals surface area (Å²) >= 11 is 0. The molecule has 0 aliphatic carbocycles. The minimum atomic E-state index is 0.250. The number of phenols is 1. The second-order valence-corrected chi connectivity index (χ2v) is 6.52. The molecule has 0 aliphatic rings. The van der Waals surface area contributed by atoms with E-state index in [0.29, 0.717) is 0 Å². The van der Waals surface area contributed by atoms with Crippen LogP contribution < -0.4 is 0 Å². The third-order valence-electron chi connectivity index (χ3n) is 4.28. The fourth-order valence-corrected chi connectivity index (χ4v) is 2.75. The van der Waals surface area contributed by atoms with Crippen LogP contribution in [0.3, 0.4) is 0 Å². The Bertz CT molecular complexity index is 1030. The zero-order valence-corrected chi connectivity index (χ0v) is 15.7. The van der Waals surface area contributed by atoms with Gasteiger partial charge in [0.05, 0.1) is 0 Å².